The van der Waals surface area contributed by atoms with E-state index < -0.39 is 16.6 Å². The largest absolute Gasteiger partial charge is 0.319 e. The van der Waals surface area contributed by atoms with E-state index in [-0.39, 0.29) is 11.4 Å². The van der Waals surface area contributed by atoms with E-state index in [2.05, 4.69) is 5.32 Å². The van der Waals surface area contributed by atoms with Crippen LogP contribution in [0.15, 0.2) is 60.7 Å². The summed E-state index contributed by atoms with van der Waals surface area (Å²) in [5, 5.41) is 14.8. The second-order valence-electron chi connectivity index (χ2n) is 4.90. The van der Waals surface area contributed by atoms with E-state index in [9.17, 15) is 19.3 Å². The number of halogens is 1. The summed E-state index contributed by atoms with van der Waals surface area (Å²) in [5.41, 5.74) is -0.147. The molecule has 0 spiro atoms. The third-order valence-electron chi connectivity index (χ3n) is 3.44. The topological polar surface area (TPSA) is 72.2 Å². The van der Waals surface area contributed by atoms with Crippen LogP contribution in [0.2, 0.25) is 0 Å². The van der Waals surface area contributed by atoms with E-state index in [0.717, 1.165) is 29.0 Å². The third kappa shape index (κ3) is 2.87. The van der Waals surface area contributed by atoms with Gasteiger partial charge in [0.2, 0.25) is 0 Å². The second kappa shape index (κ2) is 5.84. The average molecular weight is 310 g/mol. The van der Waals surface area contributed by atoms with Gasteiger partial charge in [-0.25, -0.2) is 4.39 Å². The predicted molar refractivity (Wildman–Crippen MR) is 85.0 cm³/mol. The molecule has 5 nitrogen and oxygen atoms in total. The number of fused-ring (bicyclic) bond motifs is 1. The van der Waals surface area contributed by atoms with Crippen molar-refractivity contribution in [3.63, 3.8) is 0 Å². The molecule has 0 radical (unpaired) electrons. The van der Waals surface area contributed by atoms with E-state index in [1.165, 1.54) is 0 Å². The molecule has 0 aliphatic heterocycles. The number of nitro groups is 1. The van der Waals surface area contributed by atoms with Gasteiger partial charge in [0.1, 0.15) is 5.82 Å². The fourth-order valence-electron chi connectivity index (χ4n) is 2.34. The van der Waals surface area contributed by atoms with Crippen molar-refractivity contribution >= 4 is 28.1 Å². The molecule has 0 heterocycles. The first-order valence-corrected chi connectivity index (χ1v) is 6.79. The molecule has 0 bridgehead atoms. The van der Waals surface area contributed by atoms with Crippen LogP contribution in [-0.4, -0.2) is 10.8 Å². The number of nitro benzene ring substituents is 1. The maximum Gasteiger partial charge on any atom is 0.271 e. The second-order valence-corrected chi connectivity index (χ2v) is 4.90. The van der Waals surface area contributed by atoms with Gasteiger partial charge in [0, 0.05) is 17.7 Å². The Kier molecular flexibility index (Phi) is 3.72. The van der Waals surface area contributed by atoms with Crippen molar-refractivity contribution in [1.29, 1.82) is 0 Å². The first-order chi connectivity index (χ1) is 11.1. The molecule has 0 aliphatic rings. The summed E-state index contributed by atoms with van der Waals surface area (Å²) < 4.78 is 13.8. The molecule has 1 amide bonds. The van der Waals surface area contributed by atoms with Crippen LogP contribution in [0, 0.1) is 15.9 Å². The molecule has 0 aromatic heterocycles. The summed E-state index contributed by atoms with van der Waals surface area (Å²) in [6.07, 6.45) is 0. The summed E-state index contributed by atoms with van der Waals surface area (Å²) in [4.78, 5) is 22.5. The molecular weight excluding hydrogens is 299 g/mol. The van der Waals surface area contributed by atoms with Gasteiger partial charge < -0.3 is 5.32 Å². The van der Waals surface area contributed by atoms with E-state index in [1.807, 2.05) is 18.2 Å². The van der Waals surface area contributed by atoms with Gasteiger partial charge in [0.25, 0.3) is 11.6 Å². The highest BCUT2D eigenvalue weighted by Gasteiger charge is 2.15. The summed E-state index contributed by atoms with van der Waals surface area (Å²) >= 11 is 0. The van der Waals surface area contributed by atoms with Crippen LogP contribution in [-0.2, 0) is 0 Å². The minimum absolute atomic E-state index is 0.225. The Morgan fingerprint density at radius 3 is 2.57 bits per heavy atom. The zero-order chi connectivity index (χ0) is 16.4. The number of hydrogen-bond acceptors (Lipinski definition) is 3. The number of nitrogens with zero attached hydrogens (tertiary/aromatic N) is 1. The molecule has 114 valence electrons. The number of rotatable bonds is 3. The summed E-state index contributed by atoms with van der Waals surface area (Å²) in [5.74, 6) is -1.26. The highest BCUT2D eigenvalue weighted by Crippen LogP contribution is 2.24. The van der Waals surface area contributed by atoms with Crippen molar-refractivity contribution in [2.75, 3.05) is 5.32 Å². The number of amides is 1. The minimum Gasteiger partial charge on any atom is -0.319 e. The number of anilines is 1. The predicted octanol–water partition coefficient (Wildman–Crippen LogP) is 4.14. The van der Waals surface area contributed by atoms with E-state index in [0.29, 0.717) is 5.56 Å². The van der Waals surface area contributed by atoms with Crippen LogP contribution < -0.4 is 5.32 Å². The van der Waals surface area contributed by atoms with Gasteiger partial charge in [-0.2, -0.15) is 0 Å². The lowest BCUT2D eigenvalue weighted by atomic mass is 10.0. The molecule has 1 N–H and O–H groups in total. The van der Waals surface area contributed by atoms with Gasteiger partial charge in [-0.1, -0.05) is 36.4 Å². The van der Waals surface area contributed by atoms with Crippen LogP contribution in [0.25, 0.3) is 10.8 Å². The van der Waals surface area contributed by atoms with Crippen LogP contribution in [0.4, 0.5) is 15.8 Å². The summed E-state index contributed by atoms with van der Waals surface area (Å²) in [6, 6.07) is 15.5. The molecule has 0 saturated carbocycles. The van der Waals surface area contributed by atoms with Crippen LogP contribution in [0.1, 0.15) is 10.4 Å². The highest BCUT2D eigenvalue weighted by atomic mass is 19.1. The number of carbonyl (C=O) groups is 1. The molecule has 0 aliphatic carbocycles. The highest BCUT2D eigenvalue weighted by molar-refractivity contribution is 6.13. The number of non-ortho nitro benzene ring substituents is 1. The molecule has 3 aromatic rings. The Bertz CT molecular complexity index is 919. The standard InChI is InChI=1S/C17H11FN2O3/c18-15-9-8-12(20(22)23)10-16(15)19-17(21)14-7-3-5-11-4-1-2-6-13(11)14/h1-10H,(H,19,21). The maximum absolute atomic E-state index is 13.8. The molecule has 0 fully saturated rings. The monoisotopic (exact) mass is 310 g/mol. The van der Waals surface area contributed by atoms with Crippen molar-refractivity contribution in [2.45, 2.75) is 0 Å². The zero-order valence-corrected chi connectivity index (χ0v) is 11.8. The van der Waals surface area contributed by atoms with Gasteiger partial charge >= 0.3 is 0 Å². The molecule has 6 heteroatoms. The van der Waals surface area contributed by atoms with Gasteiger partial charge in [0.15, 0.2) is 0 Å². The lowest BCUT2D eigenvalue weighted by Gasteiger charge is -2.09. The van der Waals surface area contributed by atoms with Crippen molar-refractivity contribution < 1.29 is 14.1 Å². The lowest BCUT2D eigenvalue weighted by molar-refractivity contribution is -0.384. The van der Waals surface area contributed by atoms with E-state index in [1.54, 1.807) is 24.3 Å². The summed E-state index contributed by atoms with van der Waals surface area (Å²) in [6.45, 7) is 0. The number of benzene rings is 3. The smallest absolute Gasteiger partial charge is 0.271 e. The van der Waals surface area contributed by atoms with Gasteiger partial charge in [-0.05, 0) is 22.9 Å². The van der Waals surface area contributed by atoms with Crippen molar-refractivity contribution in [3.05, 3.63) is 82.2 Å². The Morgan fingerprint density at radius 1 is 1.04 bits per heavy atom. The van der Waals surface area contributed by atoms with Crippen molar-refractivity contribution in [3.8, 4) is 0 Å². The first-order valence-electron chi connectivity index (χ1n) is 6.79. The zero-order valence-electron chi connectivity index (χ0n) is 11.8. The maximum atomic E-state index is 13.8. The average Bonchev–Trinajstić information content (AvgIpc) is 2.56. The lowest BCUT2D eigenvalue weighted by Crippen LogP contribution is -2.13. The number of carbonyl (C=O) groups excluding carboxylic acids is 1. The molecule has 0 unspecified atom stereocenters. The Balaban J connectivity index is 1.98. The number of nitrogens with one attached hydrogen (secondary N) is 1. The van der Waals surface area contributed by atoms with Gasteiger partial charge in [-0.3, -0.25) is 14.9 Å². The Morgan fingerprint density at radius 2 is 1.78 bits per heavy atom. The summed E-state index contributed by atoms with van der Waals surface area (Å²) in [7, 11) is 0. The quantitative estimate of drug-likeness (QED) is 0.583. The molecule has 3 rings (SSSR count). The normalized spacial score (nSPS) is 10.5. The molecule has 3 aromatic carbocycles. The van der Waals surface area contributed by atoms with Crippen LogP contribution >= 0.6 is 0 Å². The first kappa shape index (κ1) is 14.6. The third-order valence-corrected chi connectivity index (χ3v) is 3.44. The molecule has 0 saturated heterocycles. The fraction of sp³-hybridized carbons (Fsp3) is 0. The Labute approximate surface area is 130 Å². The fourth-order valence-corrected chi connectivity index (χ4v) is 2.34. The molecular formula is C17H11FN2O3. The molecule has 0 atom stereocenters. The number of hydrogen-bond donors (Lipinski definition) is 1. The van der Waals surface area contributed by atoms with E-state index in [4.69, 9.17) is 0 Å². The van der Waals surface area contributed by atoms with Crippen LogP contribution in [0.3, 0.4) is 0 Å². The van der Waals surface area contributed by atoms with Gasteiger partial charge in [0.05, 0.1) is 10.6 Å². The van der Waals surface area contributed by atoms with E-state index >= 15 is 0 Å². The van der Waals surface area contributed by atoms with Crippen molar-refractivity contribution in [1.82, 2.24) is 0 Å². The SMILES string of the molecule is O=C(Nc1cc([N+](=O)[O-])ccc1F)c1cccc2ccccc12. The molecule has 23 heavy (non-hydrogen) atoms. The Hall–Kier alpha value is -3.28. The van der Waals surface area contributed by atoms with Gasteiger partial charge in [-0.15, -0.1) is 0 Å². The van der Waals surface area contributed by atoms with Crippen molar-refractivity contribution in [2.24, 2.45) is 0 Å². The van der Waals surface area contributed by atoms with Crippen LogP contribution in [0.5, 0.6) is 0 Å². The minimum atomic E-state index is -0.732.